The SMILES string of the molecule is O=C(NCCNC(=O)C(F)(F)C(F)(F)C(F)F)C(F)(F)C(F)(F)C(F)F. The molecule has 26 heavy (non-hydrogen) atoms. The molecule has 0 aliphatic heterocycles. The number of rotatable bonds is 9. The Morgan fingerprint density at radius 1 is 0.615 bits per heavy atom. The molecule has 0 aromatic rings. The average Bonchev–Trinajstić information content (AvgIpc) is 2.49. The van der Waals surface area contributed by atoms with Gasteiger partial charge in [-0.05, 0) is 0 Å². The third-order valence-electron chi connectivity index (χ3n) is 2.65. The molecule has 0 atom stereocenters. The van der Waals surface area contributed by atoms with E-state index >= 15 is 0 Å². The monoisotopic (exact) mass is 416 g/mol. The van der Waals surface area contributed by atoms with E-state index in [1.165, 1.54) is 0 Å². The first-order valence-electron chi connectivity index (χ1n) is 6.08. The molecule has 16 heteroatoms. The van der Waals surface area contributed by atoms with Crippen molar-refractivity contribution in [3.05, 3.63) is 0 Å². The number of halogens is 12. The first-order valence-corrected chi connectivity index (χ1v) is 6.08. The van der Waals surface area contributed by atoms with Gasteiger partial charge in [0, 0.05) is 13.1 Å². The minimum atomic E-state index is -6.09. The van der Waals surface area contributed by atoms with Gasteiger partial charge in [0.15, 0.2) is 0 Å². The minimum Gasteiger partial charge on any atom is -0.349 e. The Bertz CT molecular complexity index is 476. The predicted octanol–water partition coefficient (Wildman–Crippen LogP) is 2.29. The predicted molar refractivity (Wildman–Crippen MR) is 57.8 cm³/mol. The fraction of sp³-hybridized carbons (Fsp3) is 0.800. The van der Waals surface area contributed by atoms with Crippen LogP contribution in [0.25, 0.3) is 0 Å². The maximum absolute atomic E-state index is 12.8. The van der Waals surface area contributed by atoms with Gasteiger partial charge in [-0.15, -0.1) is 0 Å². The van der Waals surface area contributed by atoms with Crippen molar-refractivity contribution in [1.82, 2.24) is 10.6 Å². The second-order valence-corrected chi connectivity index (χ2v) is 4.51. The second-order valence-electron chi connectivity index (χ2n) is 4.51. The first kappa shape index (κ1) is 24.1. The van der Waals surface area contributed by atoms with Crippen molar-refractivity contribution in [2.45, 2.75) is 36.5 Å². The molecule has 0 heterocycles. The van der Waals surface area contributed by atoms with Crippen LogP contribution in [-0.4, -0.2) is 61.4 Å². The van der Waals surface area contributed by atoms with Crippen LogP contribution < -0.4 is 10.6 Å². The van der Waals surface area contributed by atoms with E-state index in [-0.39, 0.29) is 0 Å². The topological polar surface area (TPSA) is 58.2 Å². The van der Waals surface area contributed by atoms with Gasteiger partial charge in [0.2, 0.25) is 0 Å². The molecule has 0 aromatic carbocycles. The maximum atomic E-state index is 12.8. The fourth-order valence-corrected chi connectivity index (χ4v) is 1.15. The van der Waals surface area contributed by atoms with Crippen molar-refractivity contribution < 1.29 is 62.3 Å². The van der Waals surface area contributed by atoms with Crippen LogP contribution in [0, 0.1) is 0 Å². The van der Waals surface area contributed by atoms with E-state index in [0.717, 1.165) is 10.6 Å². The molecule has 0 aliphatic rings. The largest absolute Gasteiger partial charge is 0.392 e. The second kappa shape index (κ2) is 7.77. The van der Waals surface area contributed by atoms with Gasteiger partial charge in [-0.25, -0.2) is 17.6 Å². The fourth-order valence-electron chi connectivity index (χ4n) is 1.15. The Kier molecular flexibility index (Phi) is 7.20. The van der Waals surface area contributed by atoms with Crippen molar-refractivity contribution in [2.75, 3.05) is 13.1 Å². The Morgan fingerprint density at radius 3 is 1.04 bits per heavy atom. The Hall–Kier alpha value is -1.90. The van der Waals surface area contributed by atoms with E-state index < -0.39 is 61.4 Å². The lowest BCUT2D eigenvalue weighted by Gasteiger charge is -2.25. The number of alkyl halides is 12. The zero-order valence-corrected chi connectivity index (χ0v) is 11.9. The Morgan fingerprint density at radius 2 is 0.846 bits per heavy atom. The van der Waals surface area contributed by atoms with E-state index in [1.807, 2.05) is 0 Å². The number of hydrogen-bond acceptors (Lipinski definition) is 2. The number of hydrogen-bond donors (Lipinski definition) is 2. The first-order chi connectivity index (χ1) is 11.4. The molecular formula is C10H8F12N2O2. The van der Waals surface area contributed by atoms with Crippen LogP contribution in [0.1, 0.15) is 0 Å². The molecule has 2 amide bonds. The molecule has 0 rings (SSSR count). The van der Waals surface area contributed by atoms with Crippen LogP contribution in [0.4, 0.5) is 52.7 Å². The zero-order valence-electron chi connectivity index (χ0n) is 11.9. The molecule has 2 N–H and O–H groups in total. The van der Waals surface area contributed by atoms with Crippen LogP contribution in [0.2, 0.25) is 0 Å². The maximum Gasteiger partial charge on any atom is 0.392 e. The normalized spacial score (nSPS) is 13.9. The van der Waals surface area contributed by atoms with Gasteiger partial charge >= 0.3 is 36.5 Å². The summed E-state index contributed by atoms with van der Waals surface area (Å²) in [5.41, 5.74) is 0. The van der Waals surface area contributed by atoms with Crippen molar-refractivity contribution in [3.63, 3.8) is 0 Å². The van der Waals surface area contributed by atoms with Gasteiger partial charge in [-0.1, -0.05) is 0 Å². The van der Waals surface area contributed by atoms with Crippen LogP contribution >= 0.6 is 0 Å². The quantitative estimate of drug-likeness (QED) is 0.448. The molecule has 154 valence electrons. The molecular weight excluding hydrogens is 408 g/mol. The van der Waals surface area contributed by atoms with Gasteiger partial charge in [-0.3, -0.25) is 9.59 Å². The lowest BCUT2D eigenvalue weighted by atomic mass is 10.1. The molecule has 0 aliphatic carbocycles. The number of carbonyl (C=O) groups is 2. The Balaban J connectivity index is 4.73. The van der Waals surface area contributed by atoms with Crippen LogP contribution in [0.3, 0.4) is 0 Å². The lowest BCUT2D eigenvalue weighted by molar-refractivity contribution is -0.254. The zero-order chi connectivity index (χ0) is 21.1. The van der Waals surface area contributed by atoms with Crippen molar-refractivity contribution in [3.8, 4) is 0 Å². The van der Waals surface area contributed by atoms with Gasteiger partial charge < -0.3 is 10.6 Å². The molecule has 0 fully saturated rings. The summed E-state index contributed by atoms with van der Waals surface area (Å²) in [5.74, 6) is -30.0. The van der Waals surface area contributed by atoms with E-state index in [4.69, 9.17) is 0 Å². The lowest BCUT2D eigenvalue weighted by Crippen LogP contribution is -2.58. The van der Waals surface area contributed by atoms with Gasteiger partial charge in [-0.2, -0.15) is 35.1 Å². The van der Waals surface area contributed by atoms with E-state index in [1.54, 1.807) is 0 Å². The molecule has 0 aromatic heterocycles. The highest BCUT2D eigenvalue weighted by Gasteiger charge is 2.68. The van der Waals surface area contributed by atoms with E-state index in [2.05, 4.69) is 0 Å². The summed E-state index contributed by atoms with van der Waals surface area (Å²) in [5, 5.41) is 1.71. The molecule has 0 saturated heterocycles. The van der Waals surface area contributed by atoms with E-state index in [0.29, 0.717) is 0 Å². The summed E-state index contributed by atoms with van der Waals surface area (Å²) in [6, 6.07) is 0. The highest BCUT2D eigenvalue weighted by atomic mass is 19.4. The Labute approximate surface area is 135 Å². The third kappa shape index (κ3) is 4.44. The van der Waals surface area contributed by atoms with E-state index in [9.17, 15) is 62.3 Å². The molecule has 0 saturated carbocycles. The number of nitrogens with one attached hydrogen (secondary N) is 2. The summed E-state index contributed by atoms with van der Waals surface area (Å²) in [4.78, 5) is 21.5. The highest BCUT2D eigenvalue weighted by Crippen LogP contribution is 2.40. The van der Waals surface area contributed by atoms with Crippen LogP contribution in [0.15, 0.2) is 0 Å². The standard InChI is InChI=1S/C10H8F12N2O2/c11-3(12)7(15,16)9(19,20)5(25)23-1-2-24-6(26)10(21,22)8(17,18)4(13)14/h3-4H,1-2H2,(H,23,25)(H,24,26). The molecule has 0 radical (unpaired) electrons. The molecule has 0 unspecified atom stereocenters. The van der Waals surface area contributed by atoms with Gasteiger partial charge in [0.05, 0.1) is 0 Å². The molecule has 4 nitrogen and oxygen atoms in total. The van der Waals surface area contributed by atoms with Crippen molar-refractivity contribution >= 4 is 11.8 Å². The number of amides is 2. The van der Waals surface area contributed by atoms with Crippen molar-refractivity contribution in [1.29, 1.82) is 0 Å². The van der Waals surface area contributed by atoms with Crippen LogP contribution in [0.5, 0.6) is 0 Å². The summed E-state index contributed by atoms with van der Waals surface area (Å²) in [7, 11) is 0. The number of carbonyl (C=O) groups excluding carboxylic acids is 2. The van der Waals surface area contributed by atoms with Gasteiger partial charge in [0.1, 0.15) is 0 Å². The summed E-state index contributed by atoms with van der Waals surface area (Å²) in [6.07, 6.45) is -9.89. The smallest absolute Gasteiger partial charge is 0.349 e. The van der Waals surface area contributed by atoms with Gasteiger partial charge in [0.25, 0.3) is 11.8 Å². The highest BCUT2D eigenvalue weighted by molar-refractivity contribution is 5.85. The average molecular weight is 416 g/mol. The summed E-state index contributed by atoms with van der Waals surface area (Å²) >= 11 is 0. The summed E-state index contributed by atoms with van der Waals surface area (Å²) in [6.45, 7) is -2.76. The minimum absolute atomic E-state index is 0.855. The van der Waals surface area contributed by atoms with Crippen LogP contribution in [-0.2, 0) is 9.59 Å². The molecule has 0 spiro atoms. The third-order valence-corrected chi connectivity index (χ3v) is 2.65. The summed E-state index contributed by atoms with van der Waals surface area (Å²) < 4.78 is 148. The van der Waals surface area contributed by atoms with Crippen molar-refractivity contribution in [2.24, 2.45) is 0 Å². The molecule has 0 bridgehead atoms.